The molecule has 7 heteroatoms. The fourth-order valence-electron chi connectivity index (χ4n) is 6.30. The van der Waals surface area contributed by atoms with Gasteiger partial charge in [-0.3, -0.25) is 4.98 Å². The molecule has 0 aliphatic heterocycles. The van der Waals surface area contributed by atoms with Gasteiger partial charge < -0.3 is 8.98 Å². The van der Waals surface area contributed by atoms with Crippen LogP contribution in [0.2, 0.25) is 17.3 Å². The molecule has 0 aliphatic carbocycles. The molecule has 257 valence electrons. The molecule has 0 atom stereocenters. The van der Waals surface area contributed by atoms with Crippen LogP contribution in [0.25, 0.3) is 67.0 Å². The first kappa shape index (κ1) is 35.3. The van der Waals surface area contributed by atoms with E-state index in [1.807, 2.05) is 85.1 Å². The van der Waals surface area contributed by atoms with Crippen LogP contribution >= 0.6 is 0 Å². The van der Waals surface area contributed by atoms with Gasteiger partial charge in [0, 0.05) is 37.6 Å². The number of furan rings is 1. The van der Waals surface area contributed by atoms with Crippen molar-refractivity contribution in [1.29, 1.82) is 0 Å². The second-order valence-electron chi connectivity index (χ2n) is 13.6. The molecule has 0 bridgehead atoms. The minimum atomic E-state index is -1.72. The van der Waals surface area contributed by atoms with Gasteiger partial charge in [-0.05, 0) is 29.8 Å². The van der Waals surface area contributed by atoms with Crippen LogP contribution in [-0.2, 0) is 26.7 Å². The van der Waals surface area contributed by atoms with Crippen LogP contribution in [0.15, 0.2) is 156 Å². The van der Waals surface area contributed by atoms with Crippen molar-refractivity contribution in [1.82, 2.24) is 19.5 Å². The summed E-state index contributed by atoms with van der Waals surface area (Å²) in [5, 5.41) is 2.00. The largest absolute Gasteiger partial charge is 0.486 e. The average Bonchev–Trinajstić information content (AvgIpc) is 3.74. The normalized spacial score (nSPS) is 11.3. The van der Waals surface area contributed by atoms with Crippen LogP contribution in [0.3, 0.4) is 0 Å². The van der Waals surface area contributed by atoms with E-state index in [2.05, 4.69) is 106 Å². The Balaban J connectivity index is 0.000000209. The Morgan fingerprint density at radius 3 is 2.12 bits per heavy atom. The summed E-state index contributed by atoms with van der Waals surface area (Å²) < 4.78 is 10.1. The molecule has 0 unspecified atom stereocenters. The van der Waals surface area contributed by atoms with Gasteiger partial charge in [-0.15, -0.1) is 18.2 Å². The van der Waals surface area contributed by atoms with Gasteiger partial charge in [0.25, 0.3) is 0 Å². The summed E-state index contributed by atoms with van der Waals surface area (Å²) in [6.45, 7) is 0.706. The first-order chi connectivity index (χ1) is 24.9. The number of benzene rings is 5. The zero-order valence-electron chi connectivity index (χ0n) is 29.2. The van der Waals surface area contributed by atoms with Crippen LogP contribution in [0.5, 0.6) is 0 Å². The summed E-state index contributed by atoms with van der Waals surface area (Å²) >= 11 is -1.72. The first-order valence-corrected chi connectivity index (χ1v) is 24.5. The molecule has 0 N–H and O–H groups in total. The molecule has 0 saturated heterocycles. The topological polar surface area (TPSA) is 56.7 Å². The number of para-hydroxylation sites is 2. The maximum Gasteiger partial charge on any atom is 0.216 e. The van der Waals surface area contributed by atoms with Crippen molar-refractivity contribution in [3.05, 3.63) is 169 Å². The molecule has 52 heavy (non-hydrogen) atoms. The molecule has 5 nitrogen and oxygen atoms in total. The number of hydrogen-bond acceptors (Lipinski definition) is 4. The van der Waals surface area contributed by atoms with Gasteiger partial charge >= 0.3 is 99.8 Å². The van der Waals surface area contributed by atoms with Crippen molar-refractivity contribution in [2.45, 2.75) is 23.8 Å². The molecule has 0 aliphatic rings. The van der Waals surface area contributed by atoms with Crippen LogP contribution in [0.1, 0.15) is 5.56 Å². The average molecular weight is 914 g/mol. The van der Waals surface area contributed by atoms with E-state index in [0.717, 1.165) is 61.3 Å². The molecule has 0 amide bonds. The molecular formula is C45H36GeIrN4O-2. The van der Waals surface area contributed by atoms with Crippen molar-refractivity contribution in [3.8, 4) is 33.9 Å². The van der Waals surface area contributed by atoms with E-state index in [9.17, 15) is 0 Å². The van der Waals surface area contributed by atoms with Crippen molar-refractivity contribution >= 4 is 50.8 Å². The van der Waals surface area contributed by atoms with E-state index < -0.39 is 13.3 Å². The predicted octanol–water partition coefficient (Wildman–Crippen LogP) is 10.6. The van der Waals surface area contributed by atoms with Crippen molar-refractivity contribution in [2.24, 2.45) is 0 Å². The van der Waals surface area contributed by atoms with Gasteiger partial charge in [-0.25, -0.2) is 4.98 Å². The zero-order chi connectivity index (χ0) is 34.8. The molecule has 9 rings (SSSR count). The maximum atomic E-state index is 6.41. The van der Waals surface area contributed by atoms with E-state index in [1.54, 1.807) is 0 Å². The number of hydrogen-bond donors (Lipinski definition) is 0. The minimum absolute atomic E-state index is 0. The molecule has 4 heterocycles. The Hall–Kier alpha value is -5.14. The van der Waals surface area contributed by atoms with Crippen molar-refractivity contribution in [3.63, 3.8) is 0 Å². The molecular weight excluding hydrogens is 877 g/mol. The third-order valence-electron chi connectivity index (χ3n) is 9.04. The van der Waals surface area contributed by atoms with E-state index in [-0.39, 0.29) is 20.1 Å². The summed E-state index contributed by atoms with van der Waals surface area (Å²) in [5.41, 5.74) is 9.48. The van der Waals surface area contributed by atoms with Gasteiger partial charge in [-0.2, -0.15) is 0 Å². The summed E-state index contributed by atoms with van der Waals surface area (Å²) in [7, 11) is 0. The minimum Gasteiger partial charge on any atom is -0.486 e. The van der Waals surface area contributed by atoms with Gasteiger partial charge in [-0.1, -0.05) is 83.7 Å². The van der Waals surface area contributed by atoms with Crippen LogP contribution in [-0.4, -0.2) is 32.8 Å². The third-order valence-corrected chi connectivity index (χ3v) is 13.3. The third kappa shape index (κ3) is 7.28. The summed E-state index contributed by atoms with van der Waals surface area (Å²) in [6, 6.07) is 55.9. The van der Waals surface area contributed by atoms with E-state index in [4.69, 9.17) is 14.4 Å². The van der Waals surface area contributed by atoms with Gasteiger partial charge in [0.05, 0.1) is 28.1 Å². The van der Waals surface area contributed by atoms with Crippen LogP contribution in [0.4, 0.5) is 0 Å². The zero-order valence-corrected chi connectivity index (χ0v) is 33.7. The Morgan fingerprint density at radius 1 is 0.654 bits per heavy atom. The van der Waals surface area contributed by atoms with Gasteiger partial charge in [0.15, 0.2) is 0 Å². The Morgan fingerprint density at radius 2 is 1.38 bits per heavy atom. The molecule has 0 spiro atoms. The Labute approximate surface area is 320 Å². The van der Waals surface area contributed by atoms with E-state index in [0.29, 0.717) is 12.3 Å². The fourth-order valence-corrected chi connectivity index (χ4v) is 8.47. The molecule has 0 saturated carbocycles. The first-order valence-electron chi connectivity index (χ1n) is 17.1. The molecule has 5 aromatic carbocycles. The molecule has 4 aromatic heterocycles. The monoisotopic (exact) mass is 915 g/mol. The summed E-state index contributed by atoms with van der Waals surface area (Å²) in [5.74, 6) is 7.98. The van der Waals surface area contributed by atoms with Crippen molar-refractivity contribution < 1.29 is 24.5 Å². The van der Waals surface area contributed by atoms with Crippen LogP contribution < -0.4 is 4.40 Å². The van der Waals surface area contributed by atoms with Crippen LogP contribution in [0, 0.1) is 12.1 Å². The number of imidazole rings is 1. The van der Waals surface area contributed by atoms with Gasteiger partial charge in [0.2, 0.25) is 5.71 Å². The SMILES string of the molecule is [CH3][Ge]([CH3])([CH3])[c]1ccc(-c2[c-]cccc2)nc1.[Ir].[c-]1ccc2c(oc3nc(-c4ccccc4)ccc32)c1-c1nc2ccccc2n1Cc1ccccc1. The van der Waals surface area contributed by atoms with E-state index >= 15 is 0 Å². The standard InChI is InChI=1S/C31H20N3O.C14H16GeN.Ir/c1-3-10-21(11-4-1)20-34-28-17-8-7-16-27(28)32-30(34)25-15-9-14-23-24-18-19-26(22-12-5-2-6-13-22)33-31(24)35-29(23)25;1-15(2,3)13-9-10-14(16-11-13)12-7-5-4-6-8-12;/h1-14,16-19H,20H2;4-7,9-11H,1-3H3;/q2*-1;. The number of fused-ring (bicyclic) bond motifs is 4. The smallest absolute Gasteiger partial charge is 0.216 e. The molecule has 1 radical (unpaired) electrons. The fraction of sp³-hybridized carbons (Fsp3) is 0.0889. The number of aromatic nitrogens is 4. The molecule has 9 aromatic rings. The second kappa shape index (κ2) is 15.2. The number of nitrogens with zero attached hydrogens (tertiary/aromatic N) is 4. The Kier molecular flexibility index (Phi) is 10.3. The summed E-state index contributed by atoms with van der Waals surface area (Å²) in [4.78, 5) is 14.4. The number of rotatable bonds is 6. The molecule has 0 fully saturated rings. The predicted molar refractivity (Wildman–Crippen MR) is 212 cm³/mol. The van der Waals surface area contributed by atoms with Crippen molar-refractivity contribution in [2.75, 3.05) is 0 Å². The number of pyridine rings is 2. The quantitative estimate of drug-likeness (QED) is 0.123. The summed E-state index contributed by atoms with van der Waals surface area (Å²) in [6.07, 6.45) is 2.04. The maximum absolute atomic E-state index is 6.41. The van der Waals surface area contributed by atoms with Gasteiger partial charge in [0.1, 0.15) is 0 Å². The Bertz CT molecular complexity index is 2580. The second-order valence-corrected chi connectivity index (χ2v) is 24.2. The van der Waals surface area contributed by atoms with E-state index in [1.165, 1.54) is 9.96 Å².